The normalized spacial score (nSPS) is 13.9. The third-order valence-electron chi connectivity index (χ3n) is 2.17. The lowest BCUT2D eigenvalue weighted by Gasteiger charge is -2.11. The number of rotatable bonds is 4. The van der Waals surface area contributed by atoms with Crippen molar-refractivity contribution in [1.29, 1.82) is 0 Å². The minimum absolute atomic E-state index is 0.376. The van der Waals surface area contributed by atoms with Crippen LogP contribution in [0.4, 0.5) is 0 Å². The molecule has 0 bridgehead atoms. The molecule has 78 valence electrons. The molecule has 1 rings (SSSR count). The highest BCUT2D eigenvalue weighted by Crippen LogP contribution is 2.16. The Balaban J connectivity index is 2.97. The zero-order valence-electron chi connectivity index (χ0n) is 8.18. The van der Waals surface area contributed by atoms with Crippen molar-refractivity contribution in [2.45, 2.75) is 23.5 Å². The lowest BCUT2D eigenvalue weighted by Crippen LogP contribution is -2.21. The Kier molecular flexibility index (Phi) is 3.66. The van der Waals surface area contributed by atoms with E-state index in [0.29, 0.717) is 17.9 Å². The summed E-state index contributed by atoms with van der Waals surface area (Å²) < 4.78 is 23.7. The molecule has 0 radical (unpaired) electrons. The molecule has 0 saturated heterocycles. The summed E-state index contributed by atoms with van der Waals surface area (Å²) >= 11 is 0. The monoisotopic (exact) mass is 213 g/mol. The van der Waals surface area contributed by atoms with E-state index in [-0.39, 0.29) is 0 Å². The quantitative estimate of drug-likeness (QED) is 0.817. The fourth-order valence-electron chi connectivity index (χ4n) is 1.23. The number of hydrogen-bond donors (Lipinski definition) is 1. The van der Waals surface area contributed by atoms with Crippen LogP contribution >= 0.6 is 0 Å². The van der Waals surface area contributed by atoms with Crippen molar-refractivity contribution in [2.75, 3.05) is 6.54 Å². The Morgan fingerprint density at radius 2 is 1.86 bits per heavy atom. The molecule has 1 unspecified atom stereocenters. The smallest absolute Gasteiger partial charge is 0.181 e. The van der Waals surface area contributed by atoms with E-state index in [1.807, 2.05) is 0 Å². The Labute approximate surface area is 84.9 Å². The van der Waals surface area contributed by atoms with Crippen molar-refractivity contribution in [3.05, 3.63) is 30.3 Å². The highest BCUT2D eigenvalue weighted by atomic mass is 32.2. The van der Waals surface area contributed by atoms with Crippen LogP contribution in [0.1, 0.15) is 13.3 Å². The molecule has 3 nitrogen and oxygen atoms in total. The van der Waals surface area contributed by atoms with Crippen LogP contribution in [0.2, 0.25) is 0 Å². The lowest BCUT2D eigenvalue weighted by molar-refractivity contribution is 0.578. The van der Waals surface area contributed by atoms with Gasteiger partial charge in [-0.3, -0.25) is 0 Å². The summed E-state index contributed by atoms with van der Waals surface area (Å²) in [6.07, 6.45) is 0.497. The fraction of sp³-hybridized carbons (Fsp3) is 0.400. The van der Waals surface area contributed by atoms with Crippen LogP contribution in [0.3, 0.4) is 0 Å². The minimum Gasteiger partial charge on any atom is -0.330 e. The average Bonchev–Trinajstić information content (AvgIpc) is 2.19. The summed E-state index contributed by atoms with van der Waals surface area (Å²) in [5.41, 5.74) is 5.34. The van der Waals surface area contributed by atoms with Gasteiger partial charge < -0.3 is 5.73 Å². The fourth-order valence-corrected chi connectivity index (χ4v) is 2.68. The molecule has 0 saturated carbocycles. The van der Waals surface area contributed by atoms with Gasteiger partial charge in [-0.2, -0.15) is 0 Å². The molecule has 2 N–H and O–H groups in total. The third kappa shape index (κ3) is 2.33. The molecule has 14 heavy (non-hydrogen) atoms. The van der Waals surface area contributed by atoms with Gasteiger partial charge in [0.05, 0.1) is 10.1 Å². The van der Waals surface area contributed by atoms with Gasteiger partial charge in [-0.1, -0.05) is 18.2 Å². The molecular formula is C10H15NO2S. The summed E-state index contributed by atoms with van der Waals surface area (Å²) in [5, 5.41) is -0.408. The summed E-state index contributed by atoms with van der Waals surface area (Å²) in [6, 6.07) is 8.47. The van der Waals surface area contributed by atoms with E-state index in [4.69, 9.17) is 5.73 Å². The molecule has 1 aromatic rings. The molecule has 0 aliphatic carbocycles. The largest absolute Gasteiger partial charge is 0.330 e. The van der Waals surface area contributed by atoms with Crippen LogP contribution in [0.15, 0.2) is 35.2 Å². The molecule has 0 amide bonds. The predicted octanol–water partition coefficient (Wildman–Crippen LogP) is 1.20. The first kappa shape index (κ1) is 11.2. The highest BCUT2D eigenvalue weighted by molar-refractivity contribution is 7.92. The van der Waals surface area contributed by atoms with Gasteiger partial charge in [0, 0.05) is 0 Å². The Bertz CT molecular complexity index is 372. The maximum atomic E-state index is 11.9. The first-order valence-corrected chi connectivity index (χ1v) is 6.12. The Hall–Kier alpha value is -0.870. The first-order valence-electron chi connectivity index (χ1n) is 4.58. The number of sulfone groups is 1. The van der Waals surface area contributed by atoms with E-state index in [0.717, 1.165) is 0 Å². The summed E-state index contributed by atoms with van der Waals surface area (Å²) in [6.45, 7) is 2.09. The van der Waals surface area contributed by atoms with Crippen LogP contribution < -0.4 is 5.73 Å². The zero-order chi connectivity index (χ0) is 10.6. The highest BCUT2D eigenvalue weighted by Gasteiger charge is 2.21. The number of benzene rings is 1. The van der Waals surface area contributed by atoms with Gasteiger partial charge >= 0.3 is 0 Å². The lowest BCUT2D eigenvalue weighted by atomic mass is 10.3. The topological polar surface area (TPSA) is 60.2 Å². The molecular weight excluding hydrogens is 198 g/mol. The second-order valence-corrected chi connectivity index (χ2v) is 5.61. The van der Waals surface area contributed by atoms with Crippen molar-refractivity contribution in [1.82, 2.24) is 0 Å². The van der Waals surface area contributed by atoms with Crippen LogP contribution in [-0.4, -0.2) is 20.2 Å². The molecule has 0 fully saturated rings. The summed E-state index contributed by atoms with van der Waals surface area (Å²) in [7, 11) is -3.18. The van der Waals surface area contributed by atoms with Crippen LogP contribution in [-0.2, 0) is 9.84 Å². The van der Waals surface area contributed by atoms with Crippen molar-refractivity contribution in [3.8, 4) is 0 Å². The Morgan fingerprint density at radius 3 is 2.36 bits per heavy atom. The maximum absolute atomic E-state index is 11.9. The van der Waals surface area contributed by atoms with E-state index in [1.165, 1.54) is 0 Å². The van der Waals surface area contributed by atoms with Gasteiger partial charge in [0.25, 0.3) is 0 Å². The third-order valence-corrected chi connectivity index (χ3v) is 4.40. The molecule has 1 aromatic carbocycles. The van der Waals surface area contributed by atoms with Gasteiger partial charge in [-0.05, 0) is 32.0 Å². The summed E-state index contributed by atoms with van der Waals surface area (Å²) in [4.78, 5) is 0.376. The molecule has 0 aliphatic rings. The van der Waals surface area contributed by atoms with Gasteiger partial charge in [0.2, 0.25) is 0 Å². The van der Waals surface area contributed by atoms with Crippen molar-refractivity contribution >= 4 is 9.84 Å². The first-order chi connectivity index (χ1) is 6.59. The molecule has 4 heteroatoms. The second kappa shape index (κ2) is 4.57. The molecule has 0 spiro atoms. The Morgan fingerprint density at radius 1 is 1.29 bits per heavy atom. The van der Waals surface area contributed by atoms with Crippen molar-refractivity contribution in [2.24, 2.45) is 5.73 Å². The predicted molar refractivity (Wildman–Crippen MR) is 56.8 cm³/mol. The van der Waals surface area contributed by atoms with Crippen molar-refractivity contribution < 1.29 is 8.42 Å². The van der Waals surface area contributed by atoms with Gasteiger partial charge in [0.1, 0.15) is 0 Å². The second-order valence-electron chi connectivity index (χ2n) is 3.25. The van der Waals surface area contributed by atoms with Gasteiger partial charge in [-0.25, -0.2) is 8.42 Å². The van der Waals surface area contributed by atoms with Crippen molar-refractivity contribution in [3.63, 3.8) is 0 Å². The number of nitrogens with two attached hydrogens (primary N) is 1. The van der Waals surface area contributed by atoms with Gasteiger partial charge in [-0.15, -0.1) is 0 Å². The van der Waals surface area contributed by atoms with Crippen LogP contribution in [0.5, 0.6) is 0 Å². The van der Waals surface area contributed by atoms with E-state index in [1.54, 1.807) is 37.3 Å². The number of hydrogen-bond acceptors (Lipinski definition) is 3. The zero-order valence-corrected chi connectivity index (χ0v) is 9.00. The minimum atomic E-state index is -3.18. The summed E-state index contributed by atoms with van der Waals surface area (Å²) in [5.74, 6) is 0. The SMILES string of the molecule is CC(CCN)S(=O)(=O)c1ccccc1. The molecule has 0 heterocycles. The van der Waals surface area contributed by atoms with E-state index in [9.17, 15) is 8.42 Å². The van der Waals surface area contributed by atoms with Gasteiger partial charge in [0.15, 0.2) is 9.84 Å². The molecule has 1 atom stereocenters. The van der Waals surface area contributed by atoms with E-state index in [2.05, 4.69) is 0 Å². The standard InChI is InChI=1S/C10H15NO2S/c1-9(7-8-11)14(12,13)10-5-3-2-4-6-10/h2-6,9H,7-8,11H2,1H3. The molecule has 0 aliphatic heterocycles. The van der Waals surface area contributed by atoms with E-state index < -0.39 is 15.1 Å². The van der Waals surface area contributed by atoms with Crippen LogP contribution in [0, 0.1) is 0 Å². The molecule has 0 aromatic heterocycles. The van der Waals surface area contributed by atoms with E-state index >= 15 is 0 Å². The maximum Gasteiger partial charge on any atom is 0.181 e. The van der Waals surface area contributed by atoms with Crippen LogP contribution in [0.25, 0.3) is 0 Å². The average molecular weight is 213 g/mol.